The highest BCUT2D eigenvalue weighted by Gasteiger charge is 2.27. The lowest BCUT2D eigenvalue weighted by atomic mass is 10.0. The molecule has 0 aromatic carbocycles. The molecular weight excluding hydrogens is 219 g/mol. The molecule has 5 heteroatoms. The molecule has 0 aromatic heterocycles. The van der Waals surface area contributed by atoms with Gasteiger partial charge in [-0.3, -0.25) is 0 Å². The van der Waals surface area contributed by atoms with Gasteiger partial charge in [0.05, 0.1) is 6.10 Å². The molecule has 1 rings (SSSR count). The third-order valence-corrected chi connectivity index (χ3v) is 2.99. The first-order valence-electron chi connectivity index (χ1n) is 5.87. The fourth-order valence-electron chi connectivity index (χ4n) is 2.08. The summed E-state index contributed by atoms with van der Waals surface area (Å²) in [7, 11) is 1.80. The smallest absolute Gasteiger partial charge is 0.378 e. The Labute approximate surface area is 94.5 Å². The Morgan fingerprint density at radius 2 is 2.19 bits per heavy atom. The fourth-order valence-corrected chi connectivity index (χ4v) is 2.08. The van der Waals surface area contributed by atoms with E-state index < -0.39 is 12.6 Å². The number of alkyl halides is 3. The van der Waals surface area contributed by atoms with Crippen molar-refractivity contribution in [1.82, 2.24) is 5.32 Å². The number of halogens is 3. The molecule has 0 spiro atoms. The van der Waals surface area contributed by atoms with Gasteiger partial charge in [0.15, 0.2) is 0 Å². The van der Waals surface area contributed by atoms with E-state index in [0.717, 1.165) is 25.9 Å². The minimum Gasteiger partial charge on any atom is -0.378 e. The molecule has 1 fully saturated rings. The summed E-state index contributed by atoms with van der Waals surface area (Å²) in [6.07, 6.45) is -0.769. The molecule has 2 nitrogen and oxygen atoms in total. The molecule has 1 heterocycles. The van der Waals surface area contributed by atoms with Gasteiger partial charge in [-0.05, 0) is 39.2 Å². The molecule has 0 amide bonds. The normalized spacial score (nSPS) is 23.6. The summed E-state index contributed by atoms with van der Waals surface area (Å²) >= 11 is 0. The minimum absolute atomic E-state index is 0.144. The molecule has 16 heavy (non-hydrogen) atoms. The first kappa shape index (κ1) is 13.8. The summed E-state index contributed by atoms with van der Waals surface area (Å²) in [4.78, 5) is 0. The predicted octanol–water partition coefficient (Wildman–Crippen LogP) is 2.88. The summed E-state index contributed by atoms with van der Waals surface area (Å²) in [5, 5.41) is 3.07. The van der Waals surface area contributed by atoms with Gasteiger partial charge in [0.25, 0.3) is 0 Å². The van der Waals surface area contributed by atoms with Crippen molar-refractivity contribution in [1.29, 1.82) is 0 Å². The number of ether oxygens (including phenoxy) is 1. The Morgan fingerprint density at radius 3 is 2.69 bits per heavy atom. The summed E-state index contributed by atoms with van der Waals surface area (Å²) in [6.45, 7) is 0.795. The Kier molecular flexibility index (Phi) is 5.55. The second kappa shape index (κ2) is 6.45. The summed E-state index contributed by atoms with van der Waals surface area (Å²) in [6, 6.07) is 0.144. The van der Waals surface area contributed by atoms with Crippen LogP contribution in [-0.4, -0.2) is 32.0 Å². The predicted molar refractivity (Wildman–Crippen MR) is 56.3 cm³/mol. The van der Waals surface area contributed by atoms with Crippen LogP contribution in [0.25, 0.3) is 0 Å². The Hall–Kier alpha value is -0.290. The van der Waals surface area contributed by atoms with Crippen molar-refractivity contribution in [2.45, 2.75) is 56.8 Å². The second-order valence-corrected chi connectivity index (χ2v) is 4.36. The Balaban J connectivity index is 2.15. The van der Waals surface area contributed by atoms with Crippen LogP contribution >= 0.6 is 0 Å². The molecule has 1 aliphatic rings. The number of hydrogen-bond donors (Lipinski definition) is 1. The number of nitrogens with one attached hydrogen (secondary N) is 1. The summed E-state index contributed by atoms with van der Waals surface area (Å²) in [5.41, 5.74) is 0. The molecule has 0 aliphatic carbocycles. The molecule has 2 unspecified atom stereocenters. The SMILES string of the molecule is CNC(CCCC(F)(F)F)CC1CCCO1. The van der Waals surface area contributed by atoms with Gasteiger partial charge in [0.2, 0.25) is 0 Å². The van der Waals surface area contributed by atoms with Crippen molar-refractivity contribution < 1.29 is 17.9 Å². The molecule has 0 radical (unpaired) electrons. The maximum Gasteiger partial charge on any atom is 0.389 e. The van der Waals surface area contributed by atoms with Crippen LogP contribution in [0, 0.1) is 0 Å². The number of hydrogen-bond acceptors (Lipinski definition) is 2. The largest absolute Gasteiger partial charge is 0.389 e. The third-order valence-electron chi connectivity index (χ3n) is 2.99. The highest BCUT2D eigenvalue weighted by atomic mass is 19.4. The van der Waals surface area contributed by atoms with E-state index in [9.17, 15) is 13.2 Å². The van der Waals surface area contributed by atoms with Gasteiger partial charge in [-0.2, -0.15) is 13.2 Å². The van der Waals surface area contributed by atoms with Crippen molar-refractivity contribution in [2.75, 3.05) is 13.7 Å². The summed E-state index contributed by atoms with van der Waals surface area (Å²) < 4.78 is 41.4. The van der Waals surface area contributed by atoms with Crippen LogP contribution in [-0.2, 0) is 4.74 Å². The Bertz CT molecular complexity index is 190. The van der Waals surface area contributed by atoms with Crippen molar-refractivity contribution in [3.8, 4) is 0 Å². The van der Waals surface area contributed by atoms with Crippen LogP contribution in [0.1, 0.15) is 38.5 Å². The van der Waals surface area contributed by atoms with E-state index in [0.29, 0.717) is 6.42 Å². The van der Waals surface area contributed by atoms with E-state index in [1.807, 2.05) is 0 Å². The number of rotatable bonds is 6. The highest BCUT2D eigenvalue weighted by molar-refractivity contribution is 4.74. The topological polar surface area (TPSA) is 21.3 Å². The van der Waals surface area contributed by atoms with Gasteiger partial charge >= 0.3 is 6.18 Å². The van der Waals surface area contributed by atoms with Crippen LogP contribution in [0.15, 0.2) is 0 Å². The van der Waals surface area contributed by atoms with Crippen LogP contribution in [0.3, 0.4) is 0 Å². The lowest BCUT2D eigenvalue weighted by molar-refractivity contribution is -0.135. The van der Waals surface area contributed by atoms with E-state index in [-0.39, 0.29) is 18.6 Å². The van der Waals surface area contributed by atoms with Gasteiger partial charge in [-0.1, -0.05) is 0 Å². The average Bonchev–Trinajstić information content (AvgIpc) is 2.67. The third kappa shape index (κ3) is 5.70. The van der Waals surface area contributed by atoms with Gasteiger partial charge < -0.3 is 10.1 Å². The standard InChI is InChI=1S/C11H20F3NO/c1-15-9(4-2-6-11(12,13)14)8-10-5-3-7-16-10/h9-10,15H,2-8H2,1H3. The van der Waals surface area contributed by atoms with Crippen molar-refractivity contribution in [2.24, 2.45) is 0 Å². The lowest BCUT2D eigenvalue weighted by Gasteiger charge is -2.20. The van der Waals surface area contributed by atoms with E-state index in [2.05, 4.69) is 5.32 Å². The van der Waals surface area contributed by atoms with Crippen LogP contribution in [0.2, 0.25) is 0 Å². The molecule has 2 atom stereocenters. The monoisotopic (exact) mass is 239 g/mol. The van der Waals surface area contributed by atoms with Crippen LogP contribution in [0.4, 0.5) is 13.2 Å². The molecule has 0 aromatic rings. The van der Waals surface area contributed by atoms with Crippen molar-refractivity contribution in [3.63, 3.8) is 0 Å². The minimum atomic E-state index is -4.03. The molecule has 1 N–H and O–H groups in total. The molecule has 1 aliphatic heterocycles. The van der Waals surface area contributed by atoms with Gasteiger partial charge in [0, 0.05) is 19.1 Å². The molecule has 0 bridgehead atoms. The van der Waals surface area contributed by atoms with Crippen LogP contribution in [0.5, 0.6) is 0 Å². The van der Waals surface area contributed by atoms with E-state index in [4.69, 9.17) is 4.74 Å². The zero-order valence-electron chi connectivity index (χ0n) is 9.65. The van der Waals surface area contributed by atoms with Gasteiger partial charge in [-0.15, -0.1) is 0 Å². The Morgan fingerprint density at radius 1 is 1.44 bits per heavy atom. The van der Waals surface area contributed by atoms with Crippen molar-refractivity contribution >= 4 is 0 Å². The van der Waals surface area contributed by atoms with Crippen molar-refractivity contribution in [3.05, 3.63) is 0 Å². The van der Waals surface area contributed by atoms with Gasteiger partial charge in [0.1, 0.15) is 0 Å². The molecule has 0 saturated carbocycles. The zero-order valence-corrected chi connectivity index (χ0v) is 9.65. The maximum absolute atomic E-state index is 12.0. The average molecular weight is 239 g/mol. The fraction of sp³-hybridized carbons (Fsp3) is 1.00. The summed E-state index contributed by atoms with van der Waals surface area (Å²) in [5.74, 6) is 0. The van der Waals surface area contributed by atoms with E-state index >= 15 is 0 Å². The van der Waals surface area contributed by atoms with E-state index in [1.165, 1.54) is 0 Å². The second-order valence-electron chi connectivity index (χ2n) is 4.36. The first-order valence-corrected chi connectivity index (χ1v) is 5.87. The molecular formula is C11H20F3NO. The molecule has 1 saturated heterocycles. The van der Waals surface area contributed by atoms with E-state index in [1.54, 1.807) is 7.05 Å². The van der Waals surface area contributed by atoms with Crippen LogP contribution < -0.4 is 5.32 Å². The molecule has 96 valence electrons. The lowest BCUT2D eigenvalue weighted by Crippen LogP contribution is -2.30. The zero-order chi connectivity index (χ0) is 12.0. The quantitative estimate of drug-likeness (QED) is 0.769. The highest BCUT2D eigenvalue weighted by Crippen LogP contribution is 2.24. The first-order chi connectivity index (χ1) is 7.51. The van der Waals surface area contributed by atoms with Gasteiger partial charge in [-0.25, -0.2) is 0 Å². The maximum atomic E-state index is 12.0.